The zero-order valence-corrected chi connectivity index (χ0v) is 42.9. The van der Waals surface area contributed by atoms with Crippen LogP contribution < -0.4 is 37.9 Å². The first-order chi connectivity index (χ1) is 36.5. The SMILES string of the molecule is COC(=O)COc1cc(OCC(=O)OC)c2cc1Cc1cc(c(OCC(=O)OC)cc1OCC(=O)OC)Cc1cc(c(OCC(=O)OC)cc1OCC(=O)OC)Cc1cc(c(OCC(=O)OC)cc1OCC(=O)OC)C2. The Labute approximate surface area is 435 Å². The highest BCUT2D eigenvalue weighted by Gasteiger charge is 2.26. The minimum absolute atomic E-state index is 0.0571. The number of carbonyl (C=O) groups excluding carboxylic acids is 8. The zero-order valence-electron chi connectivity index (χ0n) is 42.9. The molecule has 408 valence electrons. The predicted molar refractivity (Wildman–Crippen MR) is 257 cm³/mol. The number of carbonyl (C=O) groups is 8. The lowest BCUT2D eigenvalue weighted by Crippen LogP contribution is -2.18. The van der Waals surface area contributed by atoms with Crippen molar-refractivity contribution in [1.29, 1.82) is 0 Å². The van der Waals surface area contributed by atoms with Crippen LogP contribution in [0.1, 0.15) is 44.5 Å². The van der Waals surface area contributed by atoms with Gasteiger partial charge in [0.1, 0.15) is 46.0 Å². The van der Waals surface area contributed by atoms with Crippen LogP contribution in [0.2, 0.25) is 0 Å². The van der Waals surface area contributed by atoms with Gasteiger partial charge in [-0.15, -0.1) is 0 Å². The molecule has 0 unspecified atom stereocenters. The molecule has 4 aromatic carbocycles. The highest BCUT2D eigenvalue weighted by molar-refractivity contribution is 5.75. The second-order valence-electron chi connectivity index (χ2n) is 15.9. The third-order valence-corrected chi connectivity index (χ3v) is 11.1. The van der Waals surface area contributed by atoms with E-state index in [2.05, 4.69) is 0 Å². The van der Waals surface area contributed by atoms with Crippen LogP contribution in [0.25, 0.3) is 0 Å². The van der Waals surface area contributed by atoms with Crippen molar-refractivity contribution in [2.45, 2.75) is 25.7 Å². The van der Waals surface area contributed by atoms with Gasteiger partial charge < -0.3 is 75.8 Å². The summed E-state index contributed by atoms with van der Waals surface area (Å²) < 4.78 is 87.4. The topological polar surface area (TPSA) is 284 Å². The quantitative estimate of drug-likeness (QED) is 0.0634. The summed E-state index contributed by atoms with van der Waals surface area (Å²) in [5.74, 6) is -5.55. The molecule has 5 rings (SSSR count). The largest absolute Gasteiger partial charge is 0.481 e. The van der Waals surface area contributed by atoms with Gasteiger partial charge in [-0.2, -0.15) is 0 Å². The molecule has 24 heteroatoms. The molecule has 0 amide bonds. The first kappa shape index (κ1) is 57.9. The Hall–Kier alpha value is -8.96. The Balaban J connectivity index is 1.95. The van der Waals surface area contributed by atoms with Crippen LogP contribution in [0.15, 0.2) is 48.5 Å². The fourth-order valence-corrected chi connectivity index (χ4v) is 7.19. The van der Waals surface area contributed by atoms with Crippen molar-refractivity contribution in [3.05, 3.63) is 93.0 Å². The van der Waals surface area contributed by atoms with Crippen molar-refractivity contribution in [3.63, 3.8) is 0 Å². The molecule has 0 radical (unpaired) electrons. The summed E-state index contributed by atoms with van der Waals surface area (Å²) in [5.41, 5.74) is 2.89. The molecule has 0 N–H and O–H groups in total. The van der Waals surface area contributed by atoms with Gasteiger partial charge in [0.05, 0.1) is 56.9 Å². The van der Waals surface area contributed by atoms with Crippen LogP contribution >= 0.6 is 0 Å². The van der Waals surface area contributed by atoms with Crippen LogP contribution in [0.3, 0.4) is 0 Å². The van der Waals surface area contributed by atoms with E-state index in [9.17, 15) is 38.4 Å². The minimum Gasteiger partial charge on any atom is -0.481 e. The molecule has 4 aromatic rings. The highest BCUT2D eigenvalue weighted by Crippen LogP contribution is 2.42. The number of methoxy groups -OCH3 is 8. The summed E-state index contributed by atoms with van der Waals surface area (Å²) in [5, 5.41) is 0. The first-order valence-electron chi connectivity index (χ1n) is 22.8. The Morgan fingerprint density at radius 3 is 0.461 bits per heavy atom. The third kappa shape index (κ3) is 16.5. The molecule has 0 aliphatic heterocycles. The van der Waals surface area contributed by atoms with Crippen molar-refractivity contribution in [2.24, 2.45) is 0 Å². The molecule has 24 nitrogen and oxygen atoms in total. The second kappa shape index (κ2) is 28.5. The summed E-state index contributed by atoms with van der Waals surface area (Å²) in [7, 11) is 9.36. The lowest BCUT2D eigenvalue weighted by Gasteiger charge is -2.23. The molecule has 0 saturated carbocycles. The lowest BCUT2D eigenvalue weighted by atomic mass is 9.91. The average Bonchev–Trinajstić information content (AvgIpc) is 3.44. The number of esters is 8. The Morgan fingerprint density at radius 2 is 0.355 bits per heavy atom. The van der Waals surface area contributed by atoms with E-state index in [1.54, 1.807) is 24.3 Å². The monoisotopic (exact) mass is 1060 g/mol. The van der Waals surface area contributed by atoms with Gasteiger partial charge in [0, 0.05) is 49.9 Å². The molecule has 0 atom stereocenters. The van der Waals surface area contributed by atoms with E-state index >= 15 is 0 Å². The molecular weight excluding hydrogens is 1010 g/mol. The summed E-state index contributed by atoms with van der Waals surface area (Å²) in [6, 6.07) is 12.4. The van der Waals surface area contributed by atoms with Gasteiger partial charge >= 0.3 is 47.8 Å². The molecule has 0 spiro atoms. The lowest BCUT2D eigenvalue weighted by molar-refractivity contribution is -0.143. The number of hydrogen-bond acceptors (Lipinski definition) is 24. The fourth-order valence-electron chi connectivity index (χ4n) is 7.19. The van der Waals surface area contributed by atoms with Crippen LogP contribution in [-0.2, 0) is 102 Å². The van der Waals surface area contributed by atoms with Gasteiger partial charge in [-0.25, -0.2) is 38.4 Å². The Bertz CT molecular complexity index is 2240. The minimum atomic E-state index is -0.751. The fraction of sp³-hybridized carbons (Fsp3) is 0.385. The number of hydrogen-bond donors (Lipinski definition) is 0. The summed E-state index contributed by atoms with van der Waals surface area (Å²) in [6.45, 7) is -4.71. The summed E-state index contributed by atoms with van der Waals surface area (Å²) in [4.78, 5) is 101. The van der Waals surface area contributed by atoms with Gasteiger partial charge in [0.2, 0.25) is 0 Å². The summed E-state index contributed by atoms with van der Waals surface area (Å²) >= 11 is 0. The van der Waals surface area contributed by atoms with Gasteiger partial charge in [0.25, 0.3) is 0 Å². The van der Waals surface area contributed by atoms with E-state index in [1.807, 2.05) is 0 Å². The normalized spacial score (nSPS) is 11.3. The van der Waals surface area contributed by atoms with Crippen molar-refractivity contribution in [2.75, 3.05) is 110 Å². The first-order valence-corrected chi connectivity index (χ1v) is 22.8. The maximum absolute atomic E-state index is 12.6. The van der Waals surface area contributed by atoms with Crippen LogP contribution in [0.4, 0.5) is 0 Å². The standard InChI is InChI=1S/C52H56O24/c1-61-45(53)21-69-37-17-38(70-22-46(54)62-2)30-9-29(37)13-31-10-32(40(72-24-48(56)64-4)18-39(31)71-23-47(55)63-3)15-35-12-36(44(76-28-52(60)68-8)20-43(35)75-27-51(59)67-7)16-34-11-33(14-30)41(73-25-49(57)65-5)19-42(34)74-26-50(58)66-6/h9-12,17-20H,13-16,21-28H2,1-8H3. The highest BCUT2D eigenvalue weighted by atomic mass is 16.6. The smallest absolute Gasteiger partial charge is 0.343 e. The number of ether oxygens (including phenoxy) is 16. The van der Waals surface area contributed by atoms with Crippen LogP contribution in [-0.4, -0.2) is 157 Å². The van der Waals surface area contributed by atoms with Crippen LogP contribution in [0.5, 0.6) is 46.0 Å². The number of benzene rings is 4. The van der Waals surface area contributed by atoms with Crippen LogP contribution in [0, 0.1) is 0 Å². The van der Waals surface area contributed by atoms with Crippen molar-refractivity contribution < 1.29 is 114 Å². The third-order valence-electron chi connectivity index (χ3n) is 11.1. The van der Waals surface area contributed by atoms with E-state index in [-0.39, 0.29) is 71.7 Å². The zero-order chi connectivity index (χ0) is 55.3. The molecule has 0 fully saturated rings. The van der Waals surface area contributed by atoms with Crippen molar-refractivity contribution in [3.8, 4) is 46.0 Å². The van der Waals surface area contributed by atoms with Gasteiger partial charge in [-0.05, 0) is 68.8 Å². The molecule has 1 aliphatic rings. The number of rotatable bonds is 24. The van der Waals surface area contributed by atoms with E-state index in [1.165, 1.54) is 81.1 Å². The van der Waals surface area contributed by atoms with E-state index < -0.39 is 101 Å². The van der Waals surface area contributed by atoms with Gasteiger partial charge in [0.15, 0.2) is 52.9 Å². The maximum atomic E-state index is 12.6. The molecule has 0 saturated heterocycles. The van der Waals surface area contributed by atoms with Crippen molar-refractivity contribution in [1.82, 2.24) is 0 Å². The molecule has 1 aliphatic carbocycles. The van der Waals surface area contributed by atoms with E-state index in [0.717, 1.165) is 0 Å². The maximum Gasteiger partial charge on any atom is 0.343 e. The average molecular weight is 1060 g/mol. The predicted octanol–water partition coefficient (Wildman–Crippen LogP) is 2.78. The molecule has 0 heterocycles. The Kier molecular flexibility index (Phi) is 21.7. The van der Waals surface area contributed by atoms with Gasteiger partial charge in [-0.1, -0.05) is 0 Å². The van der Waals surface area contributed by atoms with Gasteiger partial charge in [-0.3, -0.25) is 0 Å². The van der Waals surface area contributed by atoms with E-state index in [0.29, 0.717) is 44.5 Å². The molecule has 8 bridgehead atoms. The molecule has 76 heavy (non-hydrogen) atoms. The second-order valence-corrected chi connectivity index (χ2v) is 15.9. The number of fused-ring (bicyclic) bond motifs is 8. The van der Waals surface area contributed by atoms with E-state index in [4.69, 9.17) is 75.8 Å². The summed E-state index contributed by atoms with van der Waals surface area (Å²) in [6.07, 6.45) is -0.460. The van der Waals surface area contributed by atoms with Crippen molar-refractivity contribution >= 4 is 47.8 Å². The Morgan fingerprint density at radius 1 is 0.237 bits per heavy atom. The molecule has 0 aromatic heterocycles. The molecular formula is C52H56O24.